The summed E-state index contributed by atoms with van der Waals surface area (Å²) in [5.41, 5.74) is 0.248. The largest absolute Gasteiger partial charge is 0.477 e. The van der Waals surface area contributed by atoms with Gasteiger partial charge in [0, 0.05) is 69.8 Å². The number of aliphatic imine (C=N–C) groups is 2. The van der Waals surface area contributed by atoms with Crippen LogP contribution in [0.5, 0.6) is 0 Å². The molecule has 4 saturated heterocycles. The van der Waals surface area contributed by atoms with Crippen LogP contribution in [0.2, 0.25) is 0 Å². The van der Waals surface area contributed by atoms with Gasteiger partial charge in [0.05, 0.1) is 49.2 Å². The zero-order valence-corrected chi connectivity index (χ0v) is 32.3. The zero-order chi connectivity index (χ0) is 36.5. The minimum Gasteiger partial charge on any atom is -0.477 e. The third-order valence-corrected chi connectivity index (χ3v) is 15.6. The predicted molar refractivity (Wildman–Crippen MR) is 199 cm³/mol. The number of amides is 2. The van der Waals surface area contributed by atoms with Gasteiger partial charge in [-0.15, -0.1) is 23.5 Å². The number of likely N-dealkylation sites (tertiary alicyclic amines) is 2. The number of carboxylic acid groups (broad SMARTS) is 1. The molecule has 8 heterocycles. The van der Waals surface area contributed by atoms with Gasteiger partial charge in [0.25, 0.3) is 0 Å². The second-order valence-electron chi connectivity index (χ2n) is 13.9. The fraction of sp³-hybridized carbons (Fsp3) is 0.688. The lowest BCUT2D eigenvalue weighted by Gasteiger charge is -2.46. The van der Waals surface area contributed by atoms with Crippen molar-refractivity contribution >= 4 is 81.1 Å². The first-order chi connectivity index (χ1) is 24.3. The average Bonchev–Trinajstić information content (AvgIpc) is 3.83. The molecule has 0 unspecified atom stereocenters. The van der Waals surface area contributed by atoms with Crippen molar-refractivity contribution < 1.29 is 50.1 Å². The number of carboxylic acids is 1. The van der Waals surface area contributed by atoms with Gasteiger partial charge < -0.3 is 40.4 Å². The first-order valence-corrected chi connectivity index (χ1v) is 20.8. The maximum Gasteiger partial charge on any atom is 0.389 e. The fourth-order valence-corrected chi connectivity index (χ4v) is 12.9. The zero-order valence-electron chi connectivity index (χ0n) is 29.1. The predicted octanol–water partition coefficient (Wildman–Crippen LogP) is 0.428. The van der Waals surface area contributed by atoms with Crippen LogP contribution < -0.4 is 0 Å². The lowest BCUT2D eigenvalue weighted by Crippen LogP contribution is -2.63. The molecule has 0 aromatic heterocycles. The lowest BCUT2D eigenvalue weighted by atomic mass is 9.79. The van der Waals surface area contributed by atoms with E-state index in [1.165, 1.54) is 9.80 Å². The molecule has 0 spiro atoms. The van der Waals surface area contributed by atoms with Gasteiger partial charge in [-0.25, -0.2) is 9.59 Å². The maximum atomic E-state index is 12.4. The van der Waals surface area contributed by atoms with E-state index in [1.54, 1.807) is 60.9 Å². The third kappa shape index (κ3) is 6.53. The molecule has 0 aromatic carbocycles. The molecule has 0 radical (unpaired) electrons. The molecule has 20 heteroatoms. The molecule has 6 N–H and O–H groups in total. The van der Waals surface area contributed by atoms with Crippen molar-refractivity contribution in [2.45, 2.75) is 62.5 Å². The summed E-state index contributed by atoms with van der Waals surface area (Å²) in [5.74, 6) is -1.62. The number of carbonyl (C=O) groups excluding carboxylic acids is 3. The SMILES string of the molecule is C[C@@H](O)[C@H]1C(=O)N2C(C(=O)O)=C(SC3CN(C4=NCCS4)C3)[C@H](C)[C@H]12.C[C@@H](O)[C@H]1C(=O)N2C(C(=O)OO)=C(SC3CN(C4=NCCS4)C3)[C@H](C)[C@H]12.O. The van der Waals surface area contributed by atoms with Crippen molar-refractivity contribution in [2.24, 2.45) is 33.7 Å². The fourth-order valence-electron chi connectivity index (χ4n) is 8.12. The van der Waals surface area contributed by atoms with E-state index < -0.39 is 36.0 Å². The standard InChI is InChI=1S/C16H21N3O5S2.C16H21N3O4S2.H2O/c1-7-11-10(8(2)20)14(21)19(11)12(15(22)24-23)13(7)26-9-5-18(6-9)16-17-3-4-25-16;1-7-11-10(8(2)20)14(21)19(11)12(15(22)23)13(7)25-9-5-18(6-9)16-17-3-4-24-16;/h7-11,20,23H,3-6H2,1-2H3;7-11,20H,3-6H2,1-2H3,(H,22,23);1H2/t2*7-,8-,10-,11-;/m11./s1. The highest BCUT2D eigenvalue weighted by atomic mass is 32.2. The van der Waals surface area contributed by atoms with Gasteiger partial charge in [0.1, 0.15) is 11.4 Å². The second-order valence-corrected chi connectivity index (χ2v) is 18.7. The quantitative estimate of drug-likeness (QED) is 0.148. The molecule has 0 saturated carbocycles. The van der Waals surface area contributed by atoms with E-state index in [2.05, 4.69) is 24.7 Å². The maximum absolute atomic E-state index is 12.4. The van der Waals surface area contributed by atoms with Crippen molar-refractivity contribution in [3.63, 3.8) is 0 Å². The number of hydrogen-bond acceptors (Lipinski definition) is 16. The number of β-lactam (4-membered cyclic amide) rings is 2. The Morgan fingerprint density at radius 1 is 0.788 bits per heavy atom. The Hall–Kier alpha value is -2.46. The topological polar surface area (TPSA) is 228 Å². The summed E-state index contributed by atoms with van der Waals surface area (Å²) in [7, 11) is 0. The summed E-state index contributed by atoms with van der Waals surface area (Å²) in [6.07, 6.45) is -1.54. The molecule has 0 aromatic rings. The van der Waals surface area contributed by atoms with Crippen LogP contribution in [0.4, 0.5) is 0 Å². The normalized spacial score (nSPS) is 32.1. The minimum absolute atomic E-state index is 0. The van der Waals surface area contributed by atoms with Crippen LogP contribution in [0.15, 0.2) is 31.2 Å². The Morgan fingerprint density at radius 3 is 1.54 bits per heavy atom. The van der Waals surface area contributed by atoms with Gasteiger partial charge >= 0.3 is 11.9 Å². The molecule has 0 aliphatic carbocycles. The lowest BCUT2D eigenvalue weighted by molar-refractivity contribution is -0.232. The number of amidine groups is 2. The third-order valence-electron chi connectivity index (χ3n) is 10.7. The summed E-state index contributed by atoms with van der Waals surface area (Å²) < 4.78 is 0. The number of rotatable bonds is 8. The number of aliphatic carboxylic acids is 1. The number of fused-ring (bicyclic) bond motifs is 2. The molecule has 2 amide bonds. The van der Waals surface area contributed by atoms with Gasteiger partial charge in [-0.2, -0.15) is 5.26 Å². The highest BCUT2D eigenvalue weighted by Gasteiger charge is 2.62. The van der Waals surface area contributed by atoms with Crippen molar-refractivity contribution in [3.8, 4) is 0 Å². The van der Waals surface area contributed by atoms with Gasteiger partial charge in [-0.3, -0.25) is 24.5 Å². The highest BCUT2D eigenvalue weighted by molar-refractivity contribution is 8.14. The smallest absolute Gasteiger partial charge is 0.389 e. The Labute approximate surface area is 317 Å². The summed E-state index contributed by atoms with van der Waals surface area (Å²) >= 11 is 6.68. The van der Waals surface area contributed by atoms with Gasteiger partial charge in [0.2, 0.25) is 11.8 Å². The summed E-state index contributed by atoms with van der Waals surface area (Å²) in [5, 5.41) is 41.1. The molecule has 8 atom stereocenters. The number of aliphatic hydroxyl groups is 2. The molecule has 8 rings (SSSR count). The van der Waals surface area contributed by atoms with E-state index in [-0.39, 0.29) is 57.9 Å². The van der Waals surface area contributed by atoms with Gasteiger partial charge in [0.15, 0.2) is 10.3 Å². The Morgan fingerprint density at radius 2 is 1.19 bits per heavy atom. The number of nitrogens with zero attached hydrogens (tertiary/aromatic N) is 6. The Balaban J connectivity index is 0.000000175. The first-order valence-electron chi connectivity index (χ1n) is 17.1. The average molecular weight is 801 g/mol. The van der Waals surface area contributed by atoms with E-state index in [9.17, 15) is 34.5 Å². The summed E-state index contributed by atoms with van der Waals surface area (Å²) in [4.78, 5) is 70.2. The van der Waals surface area contributed by atoms with Crippen LogP contribution in [0, 0.1) is 23.7 Å². The molecule has 0 bridgehead atoms. The highest BCUT2D eigenvalue weighted by Crippen LogP contribution is 2.53. The molecule has 286 valence electrons. The Kier molecular flexibility index (Phi) is 11.6. The molecular formula is C32H44N6O10S4. The van der Waals surface area contributed by atoms with E-state index in [1.807, 2.05) is 13.8 Å². The summed E-state index contributed by atoms with van der Waals surface area (Å²) in [6, 6.07) is -0.489. The molecule has 8 aliphatic heterocycles. The number of carbonyl (C=O) groups is 4. The first kappa shape index (κ1) is 39.2. The summed E-state index contributed by atoms with van der Waals surface area (Å²) in [6.45, 7) is 12.2. The van der Waals surface area contributed by atoms with Crippen LogP contribution in [-0.4, -0.2) is 165 Å². The van der Waals surface area contributed by atoms with Crippen LogP contribution in [0.3, 0.4) is 0 Å². The number of aliphatic hydroxyl groups excluding tert-OH is 2. The van der Waals surface area contributed by atoms with Crippen molar-refractivity contribution in [2.75, 3.05) is 50.8 Å². The molecule has 16 nitrogen and oxygen atoms in total. The van der Waals surface area contributed by atoms with E-state index in [0.29, 0.717) is 5.25 Å². The van der Waals surface area contributed by atoms with Gasteiger partial charge in [-0.05, 0) is 13.8 Å². The molecular weight excluding hydrogens is 757 g/mol. The minimum atomic E-state index is -1.05. The molecule has 52 heavy (non-hydrogen) atoms. The Bertz CT molecular complexity index is 1630. The number of thioether (sulfide) groups is 4. The molecule has 8 aliphatic rings. The van der Waals surface area contributed by atoms with E-state index in [4.69, 9.17) is 5.26 Å². The second kappa shape index (κ2) is 15.3. The van der Waals surface area contributed by atoms with Crippen LogP contribution in [0.1, 0.15) is 27.7 Å². The monoisotopic (exact) mass is 800 g/mol. The van der Waals surface area contributed by atoms with Gasteiger partial charge in [-0.1, -0.05) is 37.4 Å². The van der Waals surface area contributed by atoms with Crippen molar-refractivity contribution in [1.29, 1.82) is 0 Å². The van der Waals surface area contributed by atoms with Crippen LogP contribution in [0.25, 0.3) is 0 Å². The van der Waals surface area contributed by atoms with Crippen LogP contribution >= 0.6 is 47.0 Å². The van der Waals surface area contributed by atoms with Crippen molar-refractivity contribution in [1.82, 2.24) is 19.6 Å². The van der Waals surface area contributed by atoms with E-state index >= 15 is 0 Å². The van der Waals surface area contributed by atoms with E-state index in [0.717, 1.165) is 70.9 Å². The van der Waals surface area contributed by atoms with Crippen LogP contribution in [-0.2, 0) is 24.1 Å². The number of hydrogen-bond donors (Lipinski definition) is 4. The van der Waals surface area contributed by atoms with Crippen molar-refractivity contribution in [3.05, 3.63) is 21.2 Å². The molecule has 4 fully saturated rings.